The Morgan fingerprint density at radius 3 is 1.82 bits per heavy atom. The Kier molecular flexibility index (Phi) is 25.3. The van der Waals surface area contributed by atoms with Gasteiger partial charge in [-0.2, -0.15) is 8.42 Å². The number of rotatable bonds is 27. The van der Waals surface area contributed by atoms with Crippen LogP contribution in [0.5, 0.6) is 0 Å². The Morgan fingerprint density at radius 2 is 1.24 bits per heavy atom. The number of nitrogens with one attached hydrogen (secondary N) is 1. The molecule has 0 saturated heterocycles. The number of amides is 1. The van der Waals surface area contributed by atoms with E-state index in [1.807, 2.05) is 0 Å². The quantitative estimate of drug-likeness (QED) is 0.0538. The predicted molar refractivity (Wildman–Crippen MR) is 161 cm³/mol. The number of hydrogen-bond acceptors (Lipinski definition) is 4. The van der Waals surface area contributed by atoms with Crippen molar-refractivity contribution in [3.8, 4) is 0 Å². The van der Waals surface area contributed by atoms with Gasteiger partial charge in [-0.05, 0) is 38.5 Å². The van der Waals surface area contributed by atoms with Gasteiger partial charge in [0.05, 0.1) is 17.9 Å². The zero-order chi connectivity index (χ0) is 28.3. The monoisotopic (exact) mass is 557 g/mol. The van der Waals surface area contributed by atoms with Gasteiger partial charge >= 0.3 is 0 Å². The van der Waals surface area contributed by atoms with Crippen LogP contribution in [0.1, 0.15) is 149 Å². The highest BCUT2D eigenvalue weighted by molar-refractivity contribution is 7.85. The molecule has 0 aliphatic heterocycles. The zero-order valence-corrected chi connectivity index (χ0v) is 25.4. The van der Waals surface area contributed by atoms with Crippen molar-refractivity contribution in [2.75, 3.05) is 5.75 Å². The smallest absolute Gasteiger partial charge is 0.266 e. The van der Waals surface area contributed by atoms with E-state index < -0.39 is 28.0 Å². The topological polar surface area (TPSA) is 104 Å². The third kappa shape index (κ3) is 26.4. The number of unbranched alkanes of at least 4 members (excludes halogenated alkanes) is 15. The van der Waals surface area contributed by atoms with E-state index in [0.717, 1.165) is 70.6 Å². The Hall–Kier alpha value is -1.18. The molecule has 1 amide bonds. The Labute approximate surface area is 234 Å². The molecule has 0 aromatic heterocycles. The minimum Gasteiger partial charge on any atom is -0.391 e. The number of carbonyl (C=O) groups is 1. The van der Waals surface area contributed by atoms with Gasteiger partial charge in [0.1, 0.15) is 0 Å². The zero-order valence-electron chi connectivity index (χ0n) is 24.5. The molecule has 0 heterocycles. The minimum absolute atomic E-state index is 0.264. The minimum atomic E-state index is -4.30. The maximum Gasteiger partial charge on any atom is 0.266 e. The van der Waals surface area contributed by atoms with Gasteiger partial charge in [-0.3, -0.25) is 9.35 Å². The summed E-state index contributed by atoms with van der Waals surface area (Å²) >= 11 is 0. The molecule has 0 aliphatic rings. The second kappa shape index (κ2) is 26.1. The molecule has 6 nitrogen and oxygen atoms in total. The SMILES string of the molecule is CCC/C=C\C/C=C\CCCCCCCC(=O)NC(CS(=O)(=O)O)C(O)CCCCCCCCCCCC. The summed E-state index contributed by atoms with van der Waals surface area (Å²) in [5.74, 6) is -0.917. The Balaban J connectivity index is 4.04. The lowest BCUT2D eigenvalue weighted by atomic mass is 10.0. The summed E-state index contributed by atoms with van der Waals surface area (Å²) in [7, 11) is -4.30. The highest BCUT2D eigenvalue weighted by atomic mass is 32.2. The molecule has 38 heavy (non-hydrogen) atoms. The van der Waals surface area contributed by atoms with Crippen molar-refractivity contribution in [3.05, 3.63) is 24.3 Å². The maximum absolute atomic E-state index is 12.4. The third-order valence-electron chi connectivity index (χ3n) is 6.89. The standard InChI is InChI=1S/C31H59NO5S/c1-3-5-7-9-11-13-15-16-17-19-21-23-25-27-31(34)32-29(28-38(35,36)37)30(33)26-24-22-20-18-14-12-10-8-6-4-2/h7,9,13,15,29-30,33H,3-6,8,10-12,14,16-28H2,1-2H3,(H,32,34)(H,35,36,37)/b9-7-,15-13-. The Morgan fingerprint density at radius 1 is 0.711 bits per heavy atom. The van der Waals surface area contributed by atoms with Gasteiger partial charge in [0, 0.05) is 6.42 Å². The van der Waals surface area contributed by atoms with Gasteiger partial charge in [-0.15, -0.1) is 0 Å². The van der Waals surface area contributed by atoms with E-state index in [4.69, 9.17) is 0 Å². The molecule has 224 valence electrons. The van der Waals surface area contributed by atoms with Gasteiger partial charge in [0.15, 0.2) is 0 Å². The van der Waals surface area contributed by atoms with Crippen LogP contribution in [0.4, 0.5) is 0 Å². The molecule has 0 aromatic rings. The van der Waals surface area contributed by atoms with Crippen molar-refractivity contribution in [2.45, 2.75) is 161 Å². The van der Waals surface area contributed by atoms with Gasteiger partial charge in [0.2, 0.25) is 5.91 Å². The largest absolute Gasteiger partial charge is 0.391 e. The molecule has 2 unspecified atom stereocenters. The molecule has 3 N–H and O–H groups in total. The second-order valence-corrected chi connectivity index (χ2v) is 12.2. The van der Waals surface area contributed by atoms with Gasteiger partial charge in [-0.25, -0.2) is 0 Å². The molecule has 0 aromatic carbocycles. The molecular formula is C31H59NO5S. The number of aliphatic hydroxyl groups is 1. The van der Waals surface area contributed by atoms with Crippen LogP contribution in [0.2, 0.25) is 0 Å². The third-order valence-corrected chi connectivity index (χ3v) is 7.67. The number of aliphatic hydroxyl groups excluding tert-OH is 1. The van der Waals surface area contributed by atoms with Gasteiger partial charge in [-0.1, -0.05) is 128 Å². The van der Waals surface area contributed by atoms with Crippen molar-refractivity contribution < 1.29 is 22.9 Å². The van der Waals surface area contributed by atoms with Crippen molar-refractivity contribution in [1.29, 1.82) is 0 Å². The second-order valence-electron chi connectivity index (χ2n) is 10.7. The Bertz CT molecular complexity index is 705. The summed E-state index contributed by atoms with van der Waals surface area (Å²) in [5.41, 5.74) is 0. The summed E-state index contributed by atoms with van der Waals surface area (Å²) in [6.07, 6.45) is 29.8. The first-order chi connectivity index (χ1) is 18.3. The molecule has 0 saturated carbocycles. The average molecular weight is 558 g/mol. The van der Waals surface area contributed by atoms with E-state index in [1.165, 1.54) is 51.4 Å². The van der Waals surface area contributed by atoms with Crippen LogP contribution in [0.15, 0.2) is 24.3 Å². The molecule has 7 heteroatoms. The lowest BCUT2D eigenvalue weighted by Gasteiger charge is -2.23. The summed E-state index contributed by atoms with van der Waals surface area (Å²) in [5, 5.41) is 13.2. The molecule has 2 atom stereocenters. The fourth-order valence-corrected chi connectivity index (χ4v) is 5.31. The molecule has 0 rings (SSSR count). The molecule has 0 aliphatic carbocycles. The van der Waals surface area contributed by atoms with Crippen LogP contribution in [0.25, 0.3) is 0 Å². The van der Waals surface area contributed by atoms with E-state index in [0.29, 0.717) is 12.8 Å². The van der Waals surface area contributed by atoms with E-state index >= 15 is 0 Å². The first-order valence-corrected chi connectivity index (χ1v) is 17.1. The van der Waals surface area contributed by atoms with Crippen molar-refractivity contribution in [3.63, 3.8) is 0 Å². The van der Waals surface area contributed by atoms with Gasteiger partial charge < -0.3 is 10.4 Å². The first-order valence-electron chi connectivity index (χ1n) is 15.5. The van der Waals surface area contributed by atoms with Crippen LogP contribution < -0.4 is 5.32 Å². The average Bonchev–Trinajstić information content (AvgIpc) is 2.86. The van der Waals surface area contributed by atoms with E-state index in [-0.39, 0.29) is 5.91 Å². The van der Waals surface area contributed by atoms with Crippen molar-refractivity contribution in [2.24, 2.45) is 0 Å². The molecule has 0 bridgehead atoms. The summed E-state index contributed by atoms with van der Waals surface area (Å²) in [6.45, 7) is 4.40. The summed E-state index contributed by atoms with van der Waals surface area (Å²) in [6, 6.07) is -0.973. The highest BCUT2D eigenvalue weighted by Gasteiger charge is 2.26. The first kappa shape index (κ1) is 36.8. The van der Waals surface area contributed by atoms with E-state index in [2.05, 4.69) is 43.5 Å². The van der Waals surface area contributed by atoms with Crippen LogP contribution >= 0.6 is 0 Å². The fourth-order valence-electron chi connectivity index (χ4n) is 4.55. The predicted octanol–water partition coefficient (Wildman–Crippen LogP) is 8.06. The van der Waals surface area contributed by atoms with Crippen LogP contribution in [-0.4, -0.2) is 41.9 Å². The fraction of sp³-hybridized carbons (Fsp3) is 0.839. The van der Waals surface area contributed by atoms with Crippen LogP contribution in [0, 0.1) is 0 Å². The highest BCUT2D eigenvalue weighted by Crippen LogP contribution is 2.14. The lowest BCUT2D eigenvalue weighted by molar-refractivity contribution is -0.122. The van der Waals surface area contributed by atoms with E-state index in [9.17, 15) is 22.9 Å². The van der Waals surface area contributed by atoms with Crippen LogP contribution in [0.3, 0.4) is 0 Å². The van der Waals surface area contributed by atoms with Crippen molar-refractivity contribution >= 4 is 16.0 Å². The van der Waals surface area contributed by atoms with E-state index in [1.54, 1.807) is 0 Å². The maximum atomic E-state index is 12.4. The normalized spacial score (nSPS) is 13.9. The number of hydrogen-bond donors (Lipinski definition) is 3. The lowest BCUT2D eigenvalue weighted by Crippen LogP contribution is -2.47. The molecule has 0 fully saturated rings. The number of carbonyl (C=O) groups excluding carboxylic acids is 1. The summed E-state index contributed by atoms with van der Waals surface area (Å²) in [4.78, 5) is 12.4. The van der Waals surface area contributed by atoms with Gasteiger partial charge in [0.25, 0.3) is 10.1 Å². The molecule has 0 radical (unpaired) electrons. The molecular weight excluding hydrogens is 498 g/mol. The van der Waals surface area contributed by atoms with Crippen molar-refractivity contribution in [1.82, 2.24) is 5.32 Å². The number of allylic oxidation sites excluding steroid dienone is 4. The molecule has 0 spiro atoms. The summed E-state index contributed by atoms with van der Waals surface area (Å²) < 4.78 is 32.2. The van der Waals surface area contributed by atoms with Crippen LogP contribution in [-0.2, 0) is 14.9 Å².